The molecule has 0 fully saturated rings. The fourth-order valence-corrected chi connectivity index (χ4v) is 3.49. The zero-order chi connectivity index (χ0) is 4.12. The first-order chi connectivity index (χ1) is 2.41. The third-order valence-electron chi connectivity index (χ3n) is 0.149. The Kier molecular flexibility index (Phi) is 6.58. The second kappa shape index (κ2) is 5.26. The van der Waals surface area contributed by atoms with Crippen LogP contribution in [0.3, 0.4) is 0 Å². The summed E-state index contributed by atoms with van der Waals surface area (Å²) in [4.78, 5) is 0. The predicted molar refractivity (Wildman–Crippen MR) is 32.8 cm³/mol. The Bertz CT molecular complexity index is 15.1. The normalized spacial score (nSPS) is 8.40. The van der Waals surface area contributed by atoms with E-state index in [1.54, 1.807) is 0 Å². The van der Waals surface area contributed by atoms with Gasteiger partial charge in [-0.1, -0.05) is 0 Å². The molecule has 5 heavy (non-hydrogen) atoms. The molecular formula is C2H6AsS2. The van der Waals surface area contributed by atoms with E-state index in [1.165, 1.54) is 0 Å². The van der Waals surface area contributed by atoms with E-state index in [-0.39, 0.29) is 0 Å². The third kappa shape index (κ3) is 5.26. The van der Waals surface area contributed by atoms with Crippen LogP contribution in [0.25, 0.3) is 0 Å². The van der Waals surface area contributed by atoms with Crippen molar-refractivity contribution in [2.45, 2.75) is 0 Å². The molecule has 0 spiro atoms. The van der Waals surface area contributed by atoms with E-state index in [9.17, 15) is 0 Å². The van der Waals surface area contributed by atoms with Crippen LogP contribution < -0.4 is 0 Å². The molecule has 0 rings (SSSR count). The molecule has 0 aromatic heterocycles. The first kappa shape index (κ1) is 6.26. The predicted octanol–water partition coefficient (Wildman–Crippen LogP) is 1.25. The number of hydrogen-bond donors (Lipinski definition) is 0. The van der Waals surface area contributed by atoms with Crippen molar-refractivity contribution >= 4 is 33.5 Å². The van der Waals surface area contributed by atoms with Crippen LogP contribution in [0.4, 0.5) is 0 Å². The Morgan fingerprint density at radius 1 is 1.20 bits per heavy atom. The molecule has 0 aliphatic carbocycles. The number of hydrogen-bond acceptors (Lipinski definition) is 2. The summed E-state index contributed by atoms with van der Waals surface area (Å²) >= 11 is 0.576. The molecule has 1 radical (unpaired) electrons. The summed E-state index contributed by atoms with van der Waals surface area (Å²) in [7, 11) is 3.92. The summed E-state index contributed by atoms with van der Waals surface area (Å²) in [6.45, 7) is 0. The molecule has 0 heterocycles. The zero-order valence-electron chi connectivity index (χ0n) is 3.26. The van der Waals surface area contributed by atoms with Gasteiger partial charge in [0.15, 0.2) is 0 Å². The van der Waals surface area contributed by atoms with Gasteiger partial charge in [0.2, 0.25) is 0 Å². The van der Waals surface area contributed by atoms with Crippen LogP contribution >= 0.6 is 20.0 Å². The van der Waals surface area contributed by atoms with E-state index in [2.05, 4.69) is 12.5 Å². The van der Waals surface area contributed by atoms with Gasteiger partial charge >= 0.3 is 46.0 Å². The molecule has 0 aliphatic heterocycles. The van der Waals surface area contributed by atoms with Crippen LogP contribution in [0.5, 0.6) is 0 Å². The monoisotopic (exact) mass is 169 g/mol. The molecule has 0 saturated heterocycles. The van der Waals surface area contributed by atoms with Crippen molar-refractivity contribution in [2.75, 3.05) is 12.5 Å². The minimum atomic E-state index is 0.576. The summed E-state index contributed by atoms with van der Waals surface area (Å²) < 4.78 is 0. The topological polar surface area (TPSA) is 0 Å². The Morgan fingerprint density at radius 2 is 1.60 bits per heavy atom. The summed E-state index contributed by atoms with van der Waals surface area (Å²) in [5.74, 6) is 0. The van der Waals surface area contributed by atoms with Crippen molar-refractivity contribution in [1.29, 1.82) is 0 Å². The fraction of sp³-hybridized carbons (Fsp3) is 1.00. The van der Waals surface area contributed by atoms with Gasteiger partial charge in [0.25, 0.3) is 0 Å². The van der Waals surface area contributed by atoms with Crippen LogP contribution in [-0.2, 0) is 0 Å². The zero-order valence-corrected chi connectivity index (χ0v) is 6.77. The van der Waals surface area contributed by atoms with Crippen molar-refractivity contribution in [1.82, 2.24) is 0 Å². The molecule has 0 amide bonds. The van der Waals surface area contributed by atoms with Crippen molar-refractivity contribution in [2.24, 2.45) is 0 Å². The van der Waals surface area contributed by atoms with Gasteiger partial charge in [-0.15, -0.1) is 0 Å². The summed E-state index contributed by atoms with van der Waals surface area (Å²) in [6, 6.07) is 0. The Morgan fingerprint density at radius 3 is 1.60 bits per heavy atom. The molecule has 31 valence electrons. The van der Waals surface area contributed by atoms with Gasteiger partial charge in [-0.3, -0.25) is 0 Å². The van der Waals surface area contributed by atoms with Crippen molar-refractivity contribution in [3.8, 4) is 0 Å². The van der Waals surface area contributed by atoms with E-state index in [4.69, 9.17) is 0 Å². The SMILES string of the molecule is CS[As]SC. The first-order valence-electron chi connectivity index (χ1n) is 1.18. The average Bonchev–Trinajstić information content (AvgIpc) is 1.41. The van der Waals surface area contributed by atoms with Crippen molar-refractivity contribution in [3.05, 3.63) is 0 Å². The van der Waals surface area contributed by atoms with E-state index in [0.29, 0.717) is 13.4 Å². The molecule has 0 saturated carbocycles. The second-order valence-corrected chi connectivity index (χ2v) is 9.18. The van der Waals surface area contributed by atoms with E-state index >= 15 is 0 Å². The Labute approximate surface area is 46.1 Å². The molecule has 0 aromatic rings. The number of rotatable bonds is 2. The minimum absolute atomic E-state index is 0.576. The molecule has 0 atom stereocenters. The third-order valence-corrected chi connectivity index (χ3v) is 6.97. The summed E-state index contributed by atoms with van der Waals surface area (Å²) in [6.07, 6.45) is 4.30. The van der Waals surface area contributed by atoms with Crippen LogP contribution in [0, 0.1) is 0 Å². The van der Waals surface area contributed by atoms with Gasteiger partial charge in [0.1, 0.15) is 0 Å². The van der Waals surface area contributed by atoms with Crippen molar-refractivity contribution in [3.63, 3.8) is 0 Å². The molecule has 0 nitrogen and oxygen atoms in total. The van der Waals surface area contributed by atoms with Gasteiger partial charge in [-0.2, -0.15) is 0 Å². The molecule has 3 heteroatoms. The molecule has 0 aromatic carbocycles. The van der Waals surface area contributed by atoms with Gasteiger partial charge < -0.3 is 0 Å². The Balaban J connectivity index is 2.19. The maximum atomic E-state index is 2.15. The Hall–Kier alpha value is 1.26. The molecule has 0 unspecified atom stereocenters. The summed E-state index contributed by atoms with van der Waals surface area (Å²) in [5, 5.41) is 0. The van der Waals surface area contributed by atoms with E-state index in [1.807, 2.05) is 20.0 Å². The van der Waals surface area contributed by atoms with Gasteiger partial charge in [-0.25, -0.2) is 0 Å². The molecule has 0 bridgehead atoms. The maximum absolute atomic E-state index is 2.15. The van der Waals surface area contributed by atoms with Gasteiger partial charge in [0, 0.05) is 0 Å². The fourth-order valence-electron chi connectivity index (χ4n) is 0.0745. The second-order valence-electron chi connectivity index (χ2n) is 0.440. The molecular weight excluding hydrogens is 163 g/mol. The first-order valence-corrected chi connectivity index (χ1v) is 8.14. The van der Waals surface area contributed by atoms with Gasteiger partial charge in [0.05, 0.1) is 0 Å². The molecule has 0 aliphatic rings. The standard InChI is InChI=1S/C2H6AsS2/c1-4-3-5-2/h1-2H3. The van der Waals surface area contributed by atoms with E-state index < -0.39 is 0 Å². The average molecular weight is 169 g/mol. The van der Waals surface area contributed by atoms with Crippen molar-refractivity contribution < 1.29 is 0 Å². The van der Waals surface area contributed by atoms with Crippen LogP contribution in [0.1, 0.15) is 0 Å². The quantitative estimate of drug-likeness (QED) is 0.570. The molecule has 0 N–H and O–H groups in total. The van der Waals surface area contributed by atoms with Crippen LogP contribution in [0.2, 0.25) is 0 Å². The van der Waals surface area contributed by atoms with E-state index in [0.717, 1.165) is 0 Å². The van der Waals surface area contributed by atoms with Gasteiger partial charge in [-0.05, 0) is 0 Å². The van der Waals surface area contributed by atoms with Crippen LogP contribution in [-0.4, -0.2) is 26.0 Å². The van der Waals surface area contributed by atoms with Crippen LogP contribution in [0.15, 0.2) is 0 Å². The summed E-state index contributed by atoms with van der Waals surface area (Å²) in [5.41, 5.74) is 0.